The van der Waals surface area contributed by atoms with Crippen molar-refractivity contribution in [1.82, 2.24) is 5.32 Å². The Kier molecular flexibility index (Phi) is 4.61. The molecule has 1 unspecified atom stereocenters. The Bertz CT molecular complexity index is 138. The number of ether oxygens (including phenoxy) is 1. The van der Waals surface area contributed by atoms with Crippen molar-refractivity contribution in [2.24, 2.45) is 5.92 Å². The molecule has 0 aromatic carbocycles. The van der Waals surface area contributed by atoms with Gasteiger partial charge in [0.15, 0.2) is 6.29 Å². The van der Waals surface area contributed by atoms with Crippen molar-refractivity contribution < 1.29 is 19.7 Å². The summed E-state index contributed by atoms with van der Waals surface area (Å²) in [5.74, 6) is -0.0656. The Labute approximate surface area is 71.3 Å². The maximum Gasteiger partial charge on any atom is 0.407 e. The van der Waals surface area contributed by atoms with Crippen LogP contribution in [-0.2, 0) is 4.74 Å². The maximum atomic E-state index is 10.7. The number of alkyl carbamates (subject to hydrolysis) is 1. The van der Waals surface area contributed by atoms with Gasteiger partial charge in [-0.1, -0.05) is 13.8 Å². The Morgan fingerprint density at radius 1 is 1.42 bits per heavy atom. The minimum Gasteiger partial charge on any atom is -0.453 e. The first-order chi connectivity index (χ1) is 5.49. The molecule has 12 heavy (non-hydrogen) atoms. The van der Waals surface area contributed by atoms with E-state index in [1.165, 1.54) is 7.11 Å². The number of carbonyl (C=O) groups is 1. The van der Waals surface area contributed by atoms with Gasteiger partial charge < -0.3 is 20.3 Å². The molecule has 1 amide bonds. The van der Waals surface area contributed by atoms with E-state index in [2.05, 4.69) is 10.1 Å². The Balaban J connectivity index is 4.05. The lowest BCUT2D eigenvalue weighted by molar-refractivity contribution is -0.0759. The van der Waals surface area contributed by atoms with Gasteiger partial charge in [0.2, 0.25) is 0 Å². The lowest BCUT2D eigenvalue weighted by Crippen LogP contribution is -2.46. The highest BCUT2D eigenvalue weighted by Crippen LogP contribution is 2.04. The third-order valence-electron chi connectivity index (χ3n) is 1.51. The highest BCUT2D eigenvalue weighted by Gasteiger charge is 2.22. The molecule has 0 aliphatic carbocycles. The molecule has 0 radical (unpaired) electrons. The molecule has 0 aromatic heterocycles. The molecule has 0 heterocycles. The number of methoxy groups -OCH3 is 1. The normalized spacial score (nSPS) is 13.2. The SMILES string of the molecule is COC(=O)NC(C(C)C)C(O)O. The van der Waals surface area contributed by atoms with E-state index in [4.69, 9.17) is 10.2 Å². The lowest BCUT2D eigenvalue weighted by Gasteiger charge is -2.22. The van der Waals surface area contributed by atoms with Crippen LogP contribution in [0, 0.1) is 5.92 Å². The van der Waals surface area contributed by atoms with Gasteiger partial charge >= 0.3 is 6.09 Å². The summed E-state index contributed by atoms with van der Waals surface area (Å²) >= 11 is 0. The maximum absolute atomic E-state index is 10.7. The molecular formula is C7H15NO4. The van der Waals surface area contributed by atoms with Crippen LogP contribution in [0.25, 0.3) is 0 Å². The van der Waals surface area contributed by atoms with Gasteiger partial charge in [-0.15, -0.1) is 0 Å². The van der Waals surface area contributed by atoms with Gasteiger partial charge in [-0.25, -0.2) is 4.79 Å². The molecule has 1 atom stereocenters. The number of hydrogen-bond donors (Lipinski definition) is 3. The van der Waals surface area contributed by atoms with E-state index in [9.17, 15) is 4.79 Å². The van der Waals surface area contributed by atoms with E-state index < -0.39 is 18.4 Å². The van der Waals surface area contributed by atoms with Gasteiger partial charge in [0.1, 0.15) is 0 Å². The van der Waals surface area contributed by atoms with Crippen molar-refractivity contribution in [1.29, 1.82) is 0 Å². The van der Waals surface area contributed by atoms with Gasteiger partial charge in [-0.05, 0) is 5.92 Å². The van der Waals surface area contributed by atoms with Crippen LogP contribution in [0.2, 0.25) is 0 Å². The molecule has 0 rings (SSSR count). The first-order valence-electron chi connectivity index (χ1n) is 3.69. The van der Waals surface area contributed by atoms with Crippen LogP contribution in [-0.4, -0.2) is 35.7 Å². The fraction of sp³-hybridized carbons (Fsp3) is 0.857. The molecule has 0 saturated heterocycles. The van der Waals surface area contributed by atoms with Crippen LogP contribution in [0.4, 0.5) is 4.79 Å². The fourth-order valence-corrected chi connectivity index (χ4v) is 0.780. The largest absolute Gasteiger partial charge is 0.453 e. The van der Waals surface area contributed by atoms with Crippen LogP contribution in [0.1, 0.15) is 13.8 Å². The van der Waals surface area contributed by atoms with Gasteiger partial charge in [0, 0.05) is 0 Å². The summed E-state index contributed by atoms with van der Waals surface area (Å²) in [6.45, 7) is 3.53. The Morgan fingerprint density at radius 3 is 2.17 bits per heavy atom. The van der Waals surface area contributed by atoms with Crippen molar-refractivity contribution >= 4 is 6.09 Å². The third-order valence-corrected chi connectivity index (χ3v) is 1.51. The molecule has 0 bridgehead atoms. The topological polar surface area (TPSA) is 78.8 Å². The second-order valence-electron chi connectivity index (χ2n) is 2.82. The van der Waals surface area contributed by atoms with E-state index in [0.29, 0.717) is 0 Å². The van der Waals surface area contributed by atoms with Gasteiger partial charge in [-0.2, -0.15) is 0 Å². The first-order valence-corrected chi connectivity index (χ1v) is 3.69. The predicted octanol–water partition coefficient (Wildman–Crippen LogP) is -0.322. The van der Waals surface area contributed by atoms with Crippen molar-refractivity contribution in [3.63, 3.8) is 0 Å². The number of hydrogen-bond acceptors (Lipinski definition) is 4. The summed E-state index contributed by atoms with van der Waals surface area (Å²) in [4.78, 5) is 10.7. The second kappa shape index (κ2) is 4.95. The van der Waals surface area contributed by atoms with Gasteiger partial charge in [0.25, 0.3) is 0 Å². The summed E-state index contributed by atoms with van der Waals surface area (Å²) in [6, 6.07) is -0.697. The van der Waals surface area contributed by atoms with Crippen molar-refractivity contribution in [2.75, 3.05) is 7.11 Å². The zero-order valence-electron chi connectivity index (χ0n) is 7.44. The van der Waals surface area contributed by atoms with E-state index in [1.807, 2.05) is 0 Å². The molecule has 0 spiro atoms. The highest BCUT2D eigenvalue weighted by molar-refractivity contribution is 5.67. The molecule has 5 nitrogen and oxygen atoms in total. The Hall–Kier alpha value is -0.810. The average Bonchev–Trinajstić information content (AvgIpc) is 1.98. The summed E-state index contributed by atoms with van der Waals surface area (Å²) in [7, 11) is 1.22. The van der Waals surface area contributed by atoms with Gasteiger partial charge in [0.05, 0.1) is 13.2 Å². The number of aliphatic hydroxyl groups excluding tert-OH is 1. The average molecular weight is 177 g/mol. The number of aliphatic hydroxyl groups is 2. The monoisotopic (exact) mass is 177 g/mol. The molecule has 72 valence electrons. The van der Waals surface area contributed by atoms with E-state index >= 15 is 0 Å². The van der Waals surface area contributed by atoms with E-state index in [1.54, 1.807) is 13.8 Å². The first kappa shape index (κ1) is 11.2. The van der Waals surface area contributed by atoms with Crippen LogP contribution < -0.4 is 5.32 Å². The zero-order valence-corrected chi connectivity index (χ0v) is 7.44. The minimum atomic E-state index is -1.57. The third kappa shape index (κ3) is 3.54. The molecule has 0 aliphatic heterocycles. The minimum absolute atomic E-state index is 0.0656. The summed E-state index contributed by atoms with van der Waals surface area (Å²) < 4.78 is 4.31. The van der Waals surface area contributed by atoms with Crippen LogP contribution in [0.15, 0.2) is 0 Å². The predicted molar refractivity (Wildman–Crippen MR) is 42.4 cm³/mol. The number of rotatable bonds is 3. The summed E-state index contributed by atoms with van der Waals surface area (Å²) in [5, 5.41) is 19.9. The summed E-state index contributed by atoms with van der Waals surface area (Å²) in [6.07, 6.45) is -2.23. The quantitative estimate of drug-likeness (QED) is 0.516. The van der Waals surface area contributed by atoms with E-state index in [0.717, 1.165) is 0 Å². The van der Waals surface area contributed by atoms with E-state index in [-0.39, 0.29) is 5.92 Å². The smallest absolute Gasteiger partial charge is 0.407 e. The standard InChI is InChI=1S/C7H15NO4/c1-4(2)5(6(9)10)8-7(11)12-3/h4-6,9-10H,1-3H3,(H,8,11). The zero-order chi connectivity index (χ0) is 9.72. The Morgan fingerprint density at radius 2 is 1.92 bits per heavy atom. The van der Waals surface area contributed by atoms with Gasteiger partial charge in [-0.3, -0.25) is 0 Å². The van der Waals surface area contributed by atoms with Crippen molar-refractivity contribution in [2.45, 2.75) is 26.2 Å². The summed E-state index contributed by atoms with van der Waals surface area (Å²) in [5.41, 5.74) is 0. The number of amides is 1. The van der Waals surface area contributed by atoms with Crippen LogP contribution in [0.5, 0.6) is 0 Å². The molecule has 0 aromatic rings. The van der Waals surface area contributed by atoms with Crippen molar-refractivity contribution in [3.8, 4) is 0 Å². The number of carbonyl (C=O) groups excluding carboxylic acids is 1. The van der Waals surface area contributed by atoms with Crippen LogP contribution in [0.3, 0.4) is 0 Å². The fourth-order valence-electron chi connectivity index (χ4n) is 0.780. The molecular weight excluding hydrogens is 162 g/mol. The van der Waals surface area contributed by atoms with Crippen molar-refractivity contribution in [3.05, 3.63) is 0 Å². The highest BCUT2D eigenvalue weighted by atomic mass is 16.5. The van der Waals surface area contributed by atoms with Crippen LogP contribution >= 0.6 is 0 Å². The molecule has 5 heteroatoms. The lowest BCUT2D eigenvalue weighted by atomic mass is 10.0. The second-order valence-corrected chi connectivity index (χ2v) is 2.82. The molecule has 0 saturated carbocycles. The number of nitrogens with one attached hydrogen (secondary N) is 1. The molecule has 3 N–H and O–H groups in total. The molecule has 0 aliphatic rings. The molecule has 0 fully saturated rings.